The Kier molecular flexibility index (Phi) is 15.6. The number of benzene rings is 3. The van der Waals surface area contributed by atoms with Crippen LogP contribution in [0.3, 0.4) is 0 Å². The minimum atomic E-state index is -0.523. The Morgan fingerprint density at radius 3 is 2.46 bits per heavy atom. The highest BCUT2D eigenvalue weighted by atomic mass is 35.5. The van der Waals surface area contributed by atoms with Crippen LogP contribution in [-0.4, -0.2) is 90.9 Å². The van der Waals surface area contributed by atoms with Crippen molar-refractivity contribution in [1.29, 1.82) is 0 Å². The third-order valence-electron chi connectivity index (χ3n) is 16.1. The number of hydrogen-bond acceptors (Lipinski definition) is 10. The van der Waals surface area contributed by atoms with Gasteiger partial charge in [-0.1, -0.05) is 35.9 Å². The fourth-order valence-electron chi connectivity index (χ4n) is 11.8. The zero-order chi connectivity index (χ0) is 49.8. The second-order valence-electron chi connectivity index (χ2n) is 20.6. The third-order valence-corrected chi connectivity index (χ3v) is 17.5. The Morgan fingerprint density at radius 2 is 1.73 bits per heavy atom. The number of methoxy groups -OCH3 is 1. The van der Waals surface area contributed by atoms with Crippen LogP contribution in [0.1, 0.15) is 135 Å². The summed E-state index contributed by atoms with van der Waals surface area (Å²) in [5.41, 5.74) is 6.98. The van der Waals surface area contributed by atoms with Crippen molar-refractivity contribution in [1.82, 2.24) is 30.4 Å². The van der Waals surface area contributed by atoms with Crippen molar-refractivity contribution in [3.8, 4) is 16.9 Å². The molecule has 4 fully saturated rings. The molecule has 4 aliphatic rings. The van der Waals surface area contributed by atoms with Gasteiger partial charge in [0.05, 0.1) is 29.4 Å². The molecule has 3 aromatic carbocycles. The fraction of sp³-hybridized carbons (Fsp3) is 0.500. The molecule has 0 bridgehead atoms. The number of imide groups is 1. The summed E-state index contributed by atoms with van der Waals surface area (Å²) in [6.07, 6.45) is 12.6. The second-order valence-corrected chi connectivity index (χ2v) is 22.0. The zero-order valence-corrected chi connectivity index (χ0v) is 43.5. The van der Waals surface area contributed by atoms with Gasteiger partial charge in [0.1, 0.15) is 17.4 Å². The van der Waals surface area contributed by atoms with Crippen molar-refractivity contribution < 1.29 is 23.9 Å². The maximum Gasteiger partial charge on any atom is 0.328 e. The maximum absolute atomic E-state index is 13.9. The molecule has 71 heavy (non-hydrogen) atoms. The molecule has 1 atom stereocenters. The van der Waals surface area contributed by atoms with Gasteiger partial charge in [0.2, 0.25) is 11.8 Å². The SMILES string of the molecule is CNCc1ccccc1-c1csc([C@@H](C)Nc2nc(C)nc3cc(OC)c(C4CCC(C(=O)N(C)CCCC5CCC6(CC5)CCN(C(=O)c5ccc(Cl)c(N7CCC(=O)NC7=O)c5)CC6)CC4)cc23)c1. The standard InChI is InChI=1S/C56H69ClN8O5S/c1-35(50-30-42(34-71-50)43-11-7-6-10-41(43)33-58-3)59-52-45-31-44(49(70-5)32-47(45)60-36(2)61-52)38-12-14-39(15-13-38)53(67)63(4)25-8-9-37-18-21-56(22-19-37)23-27-64(28-24-56)54(68)40-16-17-46(57)48(29-40)65-26-20-51(66)62-55(65)69/h6-7,10-11,16-17,29-32,34-35,37-39,58H,8-9,12-15,18-28,33H2,1-5H3,(H,59,60,61)(H,62,66,69)/t35-,38?,39?/m1/s1. The molecule has 2 aromatic heterocycles. The molecule has 1 spiro atoms. The minimum absolute atomic E-state index is 0.0318. The van der Waals surface area contributed by atoms with Crippen LogP contribution in [0.15, 0.2) is 66.0 Å². The van der Waals surface area contributed by atoms with E-state index in [1.165, 1.54) is 52.2 Å². The number of piperidine rings is 1. The van der Waals surface area contributed by atoms with E-state index >= 15 is 0 Å². The van der Waals surface area contributed by atoms with Crippen LogP contribution in [-0.2, 0) is 16.1 Å². The number of urea groups is 1. The van der Waals surface area contributed by atoms with Crippen LogP contribution in [0.2, 0.25) is 5.02 Å². The monoisotopic (exact) mass is 1000 g/mol. The van der Waals surface area contributed by atoms with E-state index in [1.54, 1.807) is 36.6 Å². The van der Waals surface area contributed by atoms with E-state index in [2.05, 4.69) is 70.7 Å². The predicted octanol–water partition coefficient (Wildman–Crippen LogP) is 11.3. The number of anilines is 2. The van der Waals surface area contributed by atoms with E-state index in [9.17, 15) is 19.2 Å². The van der Waals surface area contributed by atoms with Gasteiger partial charge in [-0.25, -0.2) is 14.8 Å². The van der Waals surface area contributed by atoms with Crippen LogP contribution in [0, 0.1) is 24.2 Å². The number of aryl methyl sites for hydroxylation is 1. The Balaban J connectivity index is 0.735. The van der Waals surface area contributed by atoms with E-state index in [1.807, 2.05) is 30.8 Å². The molecule has 2 aliphatic carbocycles. The number of carbonyl (C=O) groups excluding carboxylic acids is 4. The largest absolute Gasteiger partial charge is 0.496 e. The molecule has 2 saturated carbocycles. The molecule has 376 valence electrons. The summed E-state index contributed by atoms with van der Waals surface area (Å²) in [6, 6.07) is 19.7. The van der Waals surface area contributed by atoms with Crippen LogP contribution >= 0.6 is 22.9 Å². The highest BCUT2D eigenvalue weighted by Crippen LogP contribution is 2.48. The van der Waals surface area contributed by atoms with Crippen molar-refractivity contribution in [2.45, 2.75) is 116 Å². The summed E-state index contributed by atoms with van der Waals surface area (Å²) in [5.74, 6) is 3.24. The lowest BCUT2D eigenvalue weighted by Gasteiger charge is -2.46. The van der Waals surface area contributed by atoms with E-state index in [-0.39, 0.29) is 54.0 Å². The first-order chi connectivity index (χ1) is 34.3. The Labute approximate surface area is 427 Å². The summed E-state index contributed by atoms with van der Waals surface area (Å²) in [6.45, 7) is 7.37. The smallest absolute Gasteiger partial charge is 0.328 e. The molecule has 0 unspecified atom stereocenters. The van der Waals surface area contributed by atoms with Crippen molar-refractivity contribution in [2.75, 3.05) is 57.6 Å². The highest BCUT2D eigenvalue weighted by Gasteiger charge is 2.39. The van der Waals surface area contributed by atoms with Crippen LogP contribution in [0.25, 0.3) is 22.0 Å². The van der Waals surface area contributed by atoms with Gasteiger partial charge in [0.25, 0.3) is 5.91 Å². The molecule has 2 saturated heterocycles. The van der Waals surface area contributed by atoms with E-state index in [0.717, 1.165) is 92.5 Å². The van der Waals surface area contributed by atoms with Gasteiger partial charge in [-0.15, -0.1) is 11.3 Å². The second kappa shape index (κ2) is 22.0. The number of carbonyl (C=O) groups is 4. The minimum Gasteiger partial charge on any atom is -0.496 e. The number of halogens is 1. The fourth-order valence-corrected chi connectivity index (χ4v) is 13.0. The molecule has 0 radical (unpaired) electrons. The first kappa shape index (κ1) is 50.4. The van der Waals surface area contributed by atoms with Crippen LogP contribution in [0.5, 0.6) is 5.75 Å². The van der Waals surface area contributed by atoms with Gasteiger partial charge in [0, 0.05) is 74.0 Å². The van der Waals surface area contributed by atoms with Crippen LogP contribution in [0.4, 0.5) is 16.3 Å². The quantitative estimate of drug-likeness (QED) is 0.0932. The summed E-state index contributed by atoms with van der Waals surface area (Å²) >= 11 is 8.21. The number of rotatable bonds is 15. The first-order valence-corrected chi connectivity index (χ1v) is 27.0. The number of fused-ring (bicyclic) bond motifs is 1. The number of amides is 5. The maximum atomic E-state index is 13.9. The molecular formula is C56H69ClN8O5S. The number of likely N-dealkylation sites (tertiary alicyclic amines) is 1. The molecule has 15 heteroatoms. The van der Waals surface area contributed by atoms with E-state index < -0.39 is 6.03 Å². The van der Waals surface area contributed by atoms with Gasteiger partial charge in [-0.05, 0) is 173 Å². The van der Waals surface area contributed by atoms with Gasteiger partial charge in [0.15, 0.2) is 0 Å². The van der Waals surface area contributed by atoms with Crippen molar-refractivity contribution >= 4 is 69.1 Å². The van der Waals surface area contributed by atoms with Crippen LogP contribution < -0.4 is 25.6 Å². The average Bonchev–Trinajstić information content (AvgIpc) is 3.88. The summed E-state index contributed by atoms with van der Waals surface area (Å²) in [4.78, 5) is 68.1. The number of nitrogens with zero attached hydrogens (tertiary/aromatic N) is 5. The molecule has 9 rings (SSSR count). The van der Waals surface area contributed by atoms with Gasteiger partial charge < -0.3 is 25.2 Å². The molecule has 5 aromatic rings. The molecule has 4 heterocycles. The number of aromatic nitrogens is 2. The van der Waals surface area contributed by atoms with Crippen molar-refractivity contribution in [3.05, 3.63) is 98.5 Å². The topological polar surface area (TPSA) is 149 Å². The zero-order valence-electron chi connectivity index (χ0n) is 42.0. The first-order valence-electron chi connectivity index (χ1n) is 25.7. The number of hydrogen-bond donors (Lipinski definition) is 3. The van der Waals surface area contributed by atoms with Crippen molar-refractivity contribution in [2.24, 2.45) is 17.3 Å². The van der Waals surface area contributed by atoms with Gasteiger partial charge in [-0.3, -0.25) is 24.6 Å². The molecule has 5 amide bonds. The summed E-state index contributed by atoms with van der Waals surface area (Å²) < 4.78 is 6.01. The average molecular weight is 1000 g/mol. The summed E-state index contributed by atoms with van der Waals surface area (Å²) in [7, 11) is 5.70. The highest BCUT2D eigenvalue weighted by molar-refractivity contribution is 7.10. The lowest BCUT2D eigenvalue weighted by atomic mass is 9.65. The lowest BCUT2D eigenvalue weighted by molar-refractivity contribution is -0.135. The Hall–Kier alpha value is -5.57. The van der Waals surface area contributed by atoms with E-state index in [4.69, 9.17) is 26.3 Å². The third kappa shape index (κ3) is 11.2. The summed E-state index contributed by atoms with van der Waals surface area (Å²) in [5, 5.41) is 13.0. The molecule has 13 nitrogen and oxygen atoms in total. The molecule has 2 aliphatic heterocycles. The lowest BCUT2D eigenvalue weighted by Crippen LogP contribution is -2.49. The predicted molar refractivity (Wildman–Crippen MR) is 283 cm³/mol. The van der Waals surface area contributed by atoms with Gasteiger partial charge in [-0.2, -0.15) is 0 Å². The Morgan fingerprint density at radius 1 is 0.972 bits per heavy atom. The van der Waals surface area contributed by atoms with Gasteiger partial charge >= 0.3 is 6.03 Å². The van der Waals surface area contributed by atoms with Crippen molar-refractivity contribution in [3.63, 3.8) is 0 Å². The number of ether oxygens (including phenoxy) is 1. The normalized spacial score (nSPS) is 20.0. The number of thiophene rings is 1. The molecule has 3 N–H and O–H groups in total. The number of nitrogens with one attached hydrogen (secondary N) is 3. The van der Waals surface area contributed by atoms with E-state index in [0.29, 0.717) is 41.1 Å². The molecular weight excluding hydrogens is 932 g/mol. The Bertz CT molecular complexity index is 2750.